The molecule has 0 unspecified atom stereocenters. The maximum atomic E-state index is 13.4. The van der Waals surface area contributed by atoms with Gasteiger partial charge in [-0.1, -0.05) is 0 Å². The summed E-state index contributed by atoms with van der Waals surface area (Å²) in [5, 5.41) is 9.33. The van der Waals surface area contributed by atoms with Crippen molar-refractivity contribution in [2.75, 3.05) is 5.73 Å². The first-order chi connectivity index (χ1) is 7.06. The van der Waals surface area contributed by atoms with Gasteiger partial charge < -0.3 is 5.73 Å². The smallest absolute Gasteiger partial charge is 0.144 e. The van der Waals surface area contributed by atoms with Crippen molar-refractivity contribution < 1.29 is 8.78 Å². The lowest BCUT2D eigenvalue weighted by atomic mass is 10.2. The number of halogens is 3. The minimum absolute atomic E-state index is 0.151. The van der Waals surface area contributed by atoms with E-state index in [2.05, 4.69) is 0 Å². The highest BCUT2D eigenvalue weighted by Crippen LogP contribution is 2.38. The largest absolute Gasteiger partial charge is 0.389 e. The molecule has 0 fully saturated rings. The third-order valence-electron chi connectivity index (χ3n) is 1.95. The van der Waals surface area contributed by atoms with Gasteiger partial charge in [0.2, 0.25) is 0 Å². The lowest BCUT2D eigenvalue weighted by molar-refractivity contribution is 0.588. The molecule has 0 amide bonds. The summed E-state index contributed by atoms with van der Waals surface area (Å²) in [6, 6.07) is 2.67. The van der Waals surface area contributed by atoms with Crippen molar-refractivity contribution in [2.45, 2.75) is 0 Å². The Bertz CT molecular complexity index is 600. The fourth-order valence-corrected chi connectivity index (χ4v) is 3.11. The number of nitrogens with two attached hydrogens (primary N) is 1. The van der Waals surface area contributed by atoms with E-state index < -0.39 is 11.6 Å². The van der Waals surface area contributed by atoms with Gasteiger partial charge in [-0.05, 0) is 22.6 Å². The Morgan fingerprint density at radius 3 is 2.67 bits per heavy atom. The van der Waals surface area contributed by atoms with Crippen LogP contribution in [-0.4, -0.2) is 0 Å². The molecule has 0 aliphatic heterocycles. The van der Waals surface area contributed by atoms with Gasteiger partial charge in [0.15, 0.2) is 0 Å². The van der Waals surface area contributed by atoms with Crippen LogP contribution in [0.15, 0.2) is 6.07 Å². The number of nitrogens with zero attached hydrogens (tertiary/aromatic N) is 1. The second kappa shape index (κ2) is 3.57. The van der Waals surface area contributed by atoms with E-state index in [4.69, 9.17) is 11.0 Å². The molecule has 0 aliphatic carbocycles. The predicted molar refractivity (Wildman–Crippen MR) is 63.6 cm³/mol. The van der Waals surface area contributed by atoms with Crippen LogP contribution in [-0.2, 0) is 0 Å². The molecule has 0 spiro atoms. The van der Waals surface area contributed by atoms with Crippen LogP contribution < -0.4 is 5.73 Å². The first-order valence-electron chi connectivity index (χ1n) is 3.81. The zero-order chi connectivity index (χ0) is 11.2. The van der Waals surface area contributed by atoms with Gasteiger partial charge in [0, 0.05) is 11.5 Å². The summed E-state index contributed by atoms with van der Waals surface area (Å²) in [4.78, 5) is 0. The standard InChI is InChI=1S/C9H3F2IN2S/c10-4-1-5(11)8-6(7(4)12)3(2-13)9(14)15-8/h1H,14H2. The third-order valence-corrected chi connectivity index (χ3v) is 4.03. The Labute approximate surface area is 101 Å². The van der Waals surface area contributed by atoms with Crippen molar-refractivity contribution >= 4 is 49.0 Å². The van der Waals surface area contributed by atoms with Gasteiger partial charge in [-0.2, -0.15) is 5.26 Å². The Kier molecular flexibility index (Phi) is 2.52. The molecule has 2 nitrogen and oxygen atoms in total. The second-order valence-electron chi connectivity index (χ2n) is 2.81. The van der Waals surface area contributed by atoms with E-state index in [-0.39, 0.29) is 24.2 Å². The zero-order valence-electron chi connectivity index (χ0n) is 7.14. The SMILES string of the molecule is N#Cc1c(N)sc2c(F)cc(F)c(I)c12. The number of anilines is 1. The Morgan fingerprint density at radius 2 is 2.07 bits per heavy atom. The highest BCUT2D eigenvalue weighted by atomic mass is 127. The summed E-state index contributed by atoms with van der Waals surface area (Å²) >= 11 is 2.70. The summed E-state index contributed by atoms with van der Waals surface area (Å²) in [5.41, 5.74) is 5.71. The predicted octanol–water partition coefficient (Wildman–Crippen LogP) is 3.24. The molecule has 6 heteroatoms. The molecule has 1 heterocycles. The van der Waals surface area contributed by atoms with Crippen LogP contribution >= 0.6 is 33.9 Å². The van der Waals surface area contributed by atoms with Gasteiger partial charge in [-0.3, -0.25) is 0 Å². The summed E-state index contributed by atoms with van der Waals surface area (Å²) in [5.74, 6) is -1.35. The van der Waals surface area contributed by atoms with E-state index >= 15 is 0 Å². The summed E-state index contributed by atoms with van der Waals surface area (Å²) in [6.07, 6.45) is 0. The molecule has 1 aromatic heterocycles. The molecular formula is C9H3F2IN2S. The lowest BCUT2D eigenvalue weighted by Gasteiger charge is -1.98. The number of nitriles is 1. The average Bonchev–Trinajstić information content (AvgIpc) is 2.52. The van der Waals surface area contributed by atoms with Gasteiger partial charge in [0.25, 0.3) is 0 Å². The molecule has 2 aromatic rings. The van der Waals surface area contributed by atoms with Crippen LogP contribution in [0.3, 0.4) is 0 Å². The fraction of sp³-hybridized carbons (Fsp3) is 0. The number of benzene rings is 1. The molecule has 15 heavy (non-hydrogen) atoms. The highest BCUT2D eigenvalue weighted by Gasteiger charge is 2.18. The number of nitrogen functional groups attached to an aromatic ring is 1. The first kappa shape index (κ1) is 10.6. The van der Waals surface area contributed by atoms with Gasteiger partial charge in [0.1, 0.15) is 22.7 Å². The van der Waals surface area contributed by atoms with Gasteiger partial charge >= 0.3 is 0 Å². The van der Waals surface area contributed by atoms with Crippen LogP contribution in [0, 0.1) is 26.5 Å². The monoisotopic (exact) mass is 336 g/mol. The van der Waals surface area contributed by atoms with Crippen molar-refractivity contribution in [2.24, 2.45) is 0 Å². The summed E-state index contributed by atoms with van der Waals surface area (Å²) in [7, 11) is 0. The van der Waals surface area contributed by atoms with Crippen LogP contribution in [0.1, 0.15) is 5.56 Å². The van der Waals surface area contributed by atoms with Crippen LogP contribution in [0.25, 0.3) is 10.1 Å². The third kappa shape index (κ3) is 1.46. The molecule has 1 aromatic carbocycles. The highest BCUT2D eigenvalue weighted by molar-refractivity contribution is 14.1. The first-order valence-corrected chi connectivity index (χ1v) is 5.71. The van der Waals surface area contributed by atoms with Crippen LogP contribution in [0.5, 0.6) is 0 Å². The summed E-state index contributed by atoms with van der Waals surface area (Å²) in [6.45, 7) is 0. The molecule has 0 saturated carbocycles. The molecule has 2 rings (SSSR count). The molecule has 0 saturated heterocycles. The quantitative estimate of drug-likeness (QED) is 0.593. The molecule has 0 bridgehead atoms. The number of fused-ring (bicyclic) bond motifs is 1. The van der Waals surface area contributed by atoms with E-state index in [0.717, 1.165) is 17.4 Å². The van der Waals surface area contributed by atoms with Crippen molar-refractivity contribution in [1.82, 2.24) is 0 Å². The lowest BCUT2D eigenvalue weighted by Crippen LogP contribution is -1.88. The Hall–Kier alpha value is -0.940. The minimum Gasteiger partial charge on any atom is -0.389 e. The number of hydrogen-bond acceptors (Lipinski definition) is 3. The molecule has 0 aliphatic rings. The van der Waals surface area contributed by atoms with Gasteiger partial charge in [0.05, 0.1) is 13.8 Å². The molecule has 0 atom stereocenters. The van der Waals surface area contributed by atoms with Gasteiger partial charge in [-0.15, -0.1) is 11.3 Å². The van der Waals surface area contributed by atoms with E-state index in [1.54, 1.807) is 22.6 Å². The maximum absolute atomic E-state index is 13.4. The second-order valence-corrected chi connectivity index (χ2v) is 4.94. The minimum atomic E-state index is -0.680. The Morgan fingerprint density at radius 1 is 1.40 bits per heavy atom. The topological polar surface area (TPSA) is 49.8 Å². The number of thiophene rings is 1. The van der Waals surface area contributed by atoms with Crippen molar-refractivity contribution in [3.8, 4) is 6.07 Å². The van der Waals surface area contributed by atoms with Crippen LogP contribution in [0.2, 0.25) is 0 Å². The van der Waals surface area contributed by atoms with Crippen molar-refractivity contribution in [3.63, 3.8) is 0 Å². The average molecular weight is 336 g/mol. The van der Waals surface area contributed by atoms with E-state index in [1.807, 2.05) is 6.07 Å². The van der Waals surface area contributed by atoms with Gasteiger partial charge in [-0.25, -0.2) is 8.78 Å². The molecule has 0 radical (unpaired) electrons. The molecular weight excluding hydrogens is 333 g/mol. The zero-order valence-corrected chi connectivity index (χ0v) is 10.1. The number of rotatable bonds is 0. The fourth-order valence-electron chi connectivity index (χ4n) is 1.30. The van der Waals surface area contributed by atoms with E-state index in [9.17, 15) is 8.78 Å². The van der Waals surface area contributed by atoms with Crippen LogP contribution in [0.4, 0.5) is 13.8 Å². The number of hydrogen-bond donors (Lipinski definition) is 1. The van der Waals surface area contributed by atoms with Crippen molar-refractivity contribution in [1.29, 1.82) is 5.26 Å². The molecule has 76 valence electrons. The molecule has 2 N–H and O–H groups in total. The Balaban J connectivity index is 3.06. The summed E-state index contributed by atoms with van der Waals surface area (Å²) < 4.78 is 27.1. The maximum Gasteiger partial charge on any atom is 0.144 e. The van der Waals surface area contributed by atoms with E-state index in [1.165, 1.54) is 0 Å². The van der Waals surface area contributed by atoms with E-state index in [0.29, 0.717) is 0 Å². The normalized spacial score (nSPS) is 10.5. The van der Waals surface area contributed by atoms with Crippen molar-refractivity contribution in [3.05, 3.63) is 26.8 Å².